The summed E-state index contributed by atoms with van der Waals surface area (Å²) in [6, 6.07) is 5.27. The molecule has 2 rings (SSSR count). The van der Waals surface area contributed by atoms with Gasteiger partial charge in [-0.25, -0.2) is 13.2 Å². The van der Waals surface area contributed by atoms with Crippen LogP contribution in [0.25, 0.3) is 0 Å². The maximum absolute atomic E-state index is 13.2. The van der Waals surface area contributed by atoms with Crippen LogP contribution in [0.3, 0.4) is 0 Å². The van der Waals surface area contributed by atoms with E-state index in [1.807, 2.05) is 17.5 Å². The molecule has 0 saturated carbocycles. The summed E-state index contributed by atoms with van der Waals surface area (Å²) in [6.07, 6.45) is 0.718. The molecule has 17 heavy (non-hydrogen) atoms. The van der Waals surface area contributed by atoms with Crippen molar-refractivity contribution in [3.8, 4) is 0 Å². The zero-order valence-electron chi connectivity index (χ0n) is 8.84. The van der Waals surface area contributed by atoms with Crippen LogP contribution in [0.2, 0.25) is 0 Å². The van der Waals surface area contributed by atoms with Crippen molar-refractivity contribution in [2.45, 2.75) is 6.42 Å². The van der Waals surface area contributed by atoms with E-state index in [2.05, 4.69) is 5.32 Å². The summed E-state index contributed by atoms with van der Waals surface area (Å²) >= 11 is 1.60. The molecule has 0 spiro atoms. The van der Waals surface area contributed by atoms with Crippen molar-refractivity contribution in [3.05, 3.63) is 52.0 Å². The van der Waals surface area contributed by atoms with Gasteiger partial charge in [-0.2, -0.15) is 0 Å². The molecule has 0 aliphatic heterocycles. The second-order valence-electron chi connectivity index (χ2n) is 3.50. The maximum Gasteiger partial charge on any atom is 0.161 e. The van der Waals surface area contributed by atoms with Crippen molar-refractivity contribution in [3.63, 3.8) is 0 Å². The molecule has 1 aromatic heterocycles. The van der Waals surface area contributed by atoms with Crippen LogP contribution in [-0.2, 0) is 6.42 Å². The average molecular weight is 257 g/mol. The highest BCUT2D eigenvalue weighted by molar-refractivity contribution is 7.09. The third-order valence-electron chi connectivity index (χ3n) is 2.28. The fourth-order valence-electron chi connectivity index (χ4n) is 1.43. The van der Waals surface area contributed by atoms with Gasteiger partial charge in [-0.15, -0.1) is 11.3 Å². The van der Waals surface area contributed by atoms with Gasteiger partial charge in [0.25, 0.3) is 0 Å². The van der Waals surface area contributed by atoms with E-state index in [0.29, 0.717) is 12.6 Å². The summed E-state index contributed by atoms with van der Waals surface area (Å²) < 4.78 is 38.8. The normalized spacial score (nSPS) is 10.5. The Morgan fingerprint density at radius 3 is 2.53 bits per heavy atom. The molecule has 0 saturated heterocycles. The molecule has 1 nitrogen and oxygen atoms in total. The summed E-state index contributed by atoms with van der Waals surface area (Å²) in [6.45, 7) is 0.475. The summed E-state index contributed by atoms with van der Waals surface area (Å²) in [5.41, 5.74) is -0.0135. The van der Waals surface area contributed by atoms with Gasteiger partial charge in [0.05, 0.1) is 5.69 Å². The predicted octanol–water partition coefficient (Wildman–Crippen LogP) is 3.82. The van der Waals surface area contributed by atoms with Crippen LogP contribution in [0.5, 0.6) is 0 Å². The molecule has 2 aromatic rings. The zero-order chi connectivity index (χ0) is 12.3. The lowest BCUT2D eigenvalue weighted by atomic mass is 10.2. The third-order valence-corrected chi connectivity index (χ3v) is 3.21. The molecule has 0 unspecified atom stereocenters. The minimum Gasteiger partial charge on any atom is -0.382 e. The van der Waals surface area contributed by atoms with Crippen molar-refractivity contribution in [1.82, 2.24) is 0 Å². The number of hydrogen-bond acceptors (Lipinski definition) is 2. The first kappa shape index (κ1) is 12.0. The van der Waals surface area contributed by atoms with Gasteiger partial charge in [0, 0.05) is 23.6 Å². The van der Waals surface area contributed by atoms with E-state index in [9.17, 15) is 13.2 Å². The number of thiophene rings is 1. The number of halogens is 3. The van der Waals surface area contributed by atoms with Crippen LogP contribution in [0.1, 0.15) is 4.88 Å². The van der Waals surface area contributed by atoms with Crippen molar-refractivity contribution in [1.29, 1.82) is 0 Å². The quantitative estimate of drug-likeness (QED) is 0.821. The van der Waals surface area contributed by atoms with Gasteiger partial charge in [-0.05, 0) is 17.9 Å². The van der Waals surface area contributed by atoms with Crippen molar-refractivity contribution in [2.75, 3.05) is 11.9 Å². The molecule has 0 atom stereocenters. The van der Waals surface area contributed by atoms with Crippen LogP contribution in [0, 0.1) is 17.5 Å². The molecular formula is C12H10F3NS. The SMILES string of the molecule is Fc1cc(F)c(NCCc2cccs2)cc1F. The van der Waals surface area contributed by atoms with E-state index in [1.165, 1.54) is 0 Å². The predicted molar refractivity (Wildman–Crippen MR) is 62.8 cm³/mol. The molecule has 1 N–H and O–H groups in total. The first-order valence-electron chi connectivity index (χ1n) is 5.07. The van der Waals surface area contributed by atoms with Crippen LogP contribution >= 0.6 is 11.3 Å². The lowest BCUT2D eigenvalue weighted by Crippen LogP contribution is -2.06. The average Bonchev–Trinajstić information content (AvgIpc) is 2.78. The number of hydrogen-bond donors (Lipinski definition) is 1. The van der Waals surface area contributed by atoms with Gasteiger partial charge in [0.2, 0.25) is 0 Å². The number of rotatable bonds is 4. The first-order valence-corrected chi connectivity index (χ1v) is 5.95. The lowest BCUT2D eigenvalue weighted by Gasteiger charge is -2.07. The Morgan fingerprint density at radius 2 is 1.82 bits per heavy atom. The summed E-state index contributed by atoms with van der Waals surface area (Å²) in [4.78, 5) is 1.15. The Morgan fingerprint density at radius 1 is 1.06 bits per heavy atom. The Labute approximate surface area is 101 Å². The van der Waals surface area contributed by atoms with Crippen molar-refractivity contribution >= 4 is 17.0 Å². The van der Waals surface area contributed by atoms with E-state index in [1.54, 1.807) is 11.3 Å². The van der Waals surface area contributed by atoms with Gasteiger partial charge < -0.3 is 5.32 Å². The maximum atomic E-state index is 13.2. The van der Waals surface area contributed by atoms with Gasteiger partial charge in [0.1, 0.15) is 5.82 Å². The minimum absolute atomic E-state index is 0.0135. The lowest BCUT2D eigenvalue weighted by molar-refractivity contribution is 0.496. The summed E-state index contributed by atoms with van der Waals surface area (Å²) in [5, 5.41) is 4.70. The molecule has 0 aliphatic rings. The molecule has 0 radical (unpaired) electrons. The molecular weight excluding hydrogens is 247 g/mol. The van der Waals surface area contributed by atoms with Gasteiger partial charge in [0.15, 0.2) is 11.6 Å². The van der Waals surface area contributed by atoms with Crippen molar-refractivity contribution in [2.24, 2.45) is 0 Å². The van der Waals surface area contributed by atoms with E-state index < -0.39 is 17.5 Å². The highest BCUT2D eigenvalue weighted by Crippen LogP contribution is 2.18. The summed E-state index contributed by atoms with van der Waals surface area (Å²) in [5.74, 6) is -3.01. The van der Waals surface area contributed by atoms with E-state index >= 15 is 0 Å². The molecule has 0 amide bonds. The molecule has 1 heterocycles. The highest BCUT2D eigenvalue weighted by Gasteiger charge is 2.09. The third kappa shape index (κ3) is 3.00. The second kappa shape index (κ2) is 5.23. The van der Waals surface area contributed by atoms with Crippen LogP contribution < -0.4 is 5.32 Å². The Kier molecular flexibility index (Phi) is 3.68. The molecule has 5 heteroatoms. The Hall–Kier alpha value is -1.49. The smallest absolute Gasteiger partial charge is 0.161 e. The van der Waals surface area contributed by atoms with Crippen molar-refractivity contribution < 1.29 is 13.2 Å². The molecule has 90 valence electrons. The van der Waals surface area contributed by atoms with E-state index in [0.717, 1.165) is 17.4 Å². The van der Waals surface area contributed by atoms with Gasteiger partial charge >= 0.3 is 0 Å². The Balaban J connectivity index is 1.97. The Bertz CT molecular complexity index is 497. The molecule has 1 aromatic carbocycles. The van der Waals surface area contributed by atoms with E-state index in [4.69, 9.17) is 0 Å². The monoisotopic (exact) mass is 257 g/mol. The fourth-order valence-corrected chi connectivity index (χ4v) is 2.14. The zero-order valence-corrected chi connectivity index (χ0v) is 9.66. The van der Waals surface area contributed by atoms with E-state index in [-0.39, 0.29) is 5.69 Å². The summed E-state index contributed by atoms with van der Waals surface area (Å²) in [7, 11) is 0. The highest BCUT2D eigenvalue weighted by atomic mass is 32.1. The standard InChI is InChI=1S/C12H10F3NS/c13-9-6-11(15)12(7-10(9)14)16-4-3-8-2-1-5-17-8/h1-2,5-7,16H,3-4H2. The minimum atomic E-state index is -1.17. The number of nitrogens with one attached hydrogen (secondary N) is 1. The molecule has 0 bridgehead atoms. The first-order chi connectivity index (χ1) is 8.16. The van der Waals surface area contributed by atoms with Crippen LogP contribution in [0.4, 0.5) is 18.9 Å². The molecule has 0 aliphatic carbocycles. The molecule has 0 fully saturated rings. The van der Waals surface area contributed by atoms with Crippen LogP contribution in [-0.4, -0.2) is 6.54 Å². The largest absolute Gasteiger partial charge is 0.382 e. The second-order valence-corrected chi connectivity index (χ2v) is 4.53. The van der Waals surface area contributed by atoms with Gasteiger partial charge in [-0.1, -0.05) is 6.07 Å². The van der Waals surface area contributed by atoms with Gasteiger partial charge in [-0.3, -0.25) is 0 Å². The number of anilines is 1. The number of benzene rings is 1. The topological polar surface area (TPSA) is 12.0 Å². The fraction of sp³-hybridized carbons (Fsp3) is 0.167. The van der Waals surface area contributed by atoms with Crippen LogP contribution in [0.15, 0.2) is 29.6 Å².